The van der Waals surface area contributed by atoms with Gasteiger partial charge in [-0.2, -0.15) is 0 Å². The first-order chi connectivity index (χ1) is 18.9. The summed E-state index contributed by atoms with van der Waals surface area (Å²) in [5.41, 5.74) is 1.06. The highest BCUT2D eigenvalue weighted by Crippen LogP contribution is 2.09. The molecule has 212 valence electrons. The summed E-state index contributed by atoms with van der Waals surface area (Å²) in [5.74, 6) is -1.27. The first-order valence-electron chi connectivity index (χ1n) is 12.4. The number of carbonyl (C=O) groups is 4. The third-order valence-electron chi connectivity index (χ3n) is 5.77. The number of aromatic nitrogens is 2. The maximum absolute atomic E-state index is 12.9. The maximum Gasteiger partial charge on any atom is 0.409 e. The molecule has 1 atom stereocenters. The molecule has 0 bridgehead atoms. The van der Waals surface area contributed by atoms with Crippen molar-refractivity contribution in [2.75, 3.05) is 59.7 Å². The predicted octanol–water partition coefficient (Wildman–Crippen LogP) is 1.19. The zero-order valence-electron chi connectivity index (χ0n) is 21.7. The number of alkyl carbamates (subject to hydrolysis) is 1. The fourth-order valence-corrected chi connectivity index (χ4v) is 3.66. The number of nitrogens with one attached hydrogen (secondary N) is 1. The molecule has 14 heteroatoms. The average molecular weight is 548 g/mol. The quantitative estimate of drug-likeness (QED) is 0.369. The van der Waals surface area contributed by atoms with E-state index < -0.39 is 24.2 Å². The monoisotopic (exact) mass is 547 g/mol. The molecule has 1 aliphatic heterocycles. The molecule has 1 fully saturated rings. The topological polar surface area (TPSA) is 162 Å². The van der Waals surface area contributed by atoms with Crippen LogP contribution in [0.2, 0.25) is 0 Å². The van der Waals surface area contributed by atoms with Crippen molar-refractivity contribution in [3.05, 3.63) is 54.1 Å². The van der Waals surface area contributed by atoms with Gasteiger partial charge in [0, 0.05) is 45.9 Å². The van der Waals surface area contributed by atoms with Gasteiger partial charge >= 0.3 is 24.2 Å². The number of imidazole rings is 1. The van der Waals surface area contributed by atoms with Gasteiger partial charge in [-0.3, -0.25) is 4.57 Å². The van der Waals surface area contributed by atoms with Gasteiger partial charge in [0.1, 0.15) is 25.6 Å². The number of carboxylic acids is 1. The molecule has 2 N–H and O–H groups in total. The normalized spacial score (nSPS) is 14.0. The second kappa shape index (κ2) is 15.3. The van der Waals surface area contributed by atoms with Gasteiger partial charge in [-0.05, 0) is 5.56 Å². The van der Waals surface area contributed by atoms with Gasteiger partial charge in [-0.15, -0.1) is 0 Å². The highest BCUT2D eigenvalue weighted by atomic mass is 16.6. The number of methoxy groups -OCH3 is 1. The van der Waals surface area contributed by atoms with Gasteiger partial charge in [0.05, 0.1) is 25.5 Å². The van der Waals surface area contributed by atoms with Crippen molar-refractivity contribution >= 4 is 24.2 Å². The molecule has 39 heavy (non-hydrogen) atoms. The van der Waals surface area contributed by atoms with E-state index in [1.54, 1.807) is 36.3 Å². The van der Waals surface area contributed by atoms with Crippen LogP contribution >= 0.6 is 0 Å². The van der Waals surface area contributed by atoms with Gasteiger partial charge in [0.25, 0.3) is 0 Å². The van der Waals surface area contributed by atoms with Crippen LogP contribution in [0.15, 0.2) is 42.9 Å². The van der Waals surface area contributed by atoms with E-state index >= 15 is 0 Å². The number of nitrogens with zero attached hydrogens (tertiary/aromatic N) is 4. The van der Waals surface area contributed by atoms with Crippen molar-refractivity contribution in [1.82, 2.24) is 24.7 Å². The summed E-state index contributed by atoms with van der Waals surface area (Å²) in [6.45, 7) is 2.44. The van der Waals surface area contributed by atoms with Crippen molar-refractivity contribution in [2.45, 2.75) is 19.1 Å². The Morgan fingerprint density at radius 1 is 0.974 bits per heavy atom. The molecule has 0 saturated carbocycles. The molecule has 0 radical (unpaired) electrons. The number of hydrogen-bond acceptors (Lipinski definition) is 9. The number of carbonyl (C=O) groups excluding carboxylic acids is 3. The minimum atomic E-state index is -1.30. The highest BCUT2D eigenvalue weighted by molar-refractivity contribution is 5.80. The lowest BCUT2D eigenvalue weighted by atomic mass is 10.2. The van der Waals surface area contributed by atoms with Crippen molar-refractivity contribution < 1.29 is 43.2 Å². The van der Waals surface area contributed by atoms with E-state index in [1.807, 2.05) is 6.07 Å². The third-order valence-corrected chi connectivity index (χ3v) is 5.77. The van der Waals surface area contributed by atoms with E-state index in [2.05, 4.69) is 10.3 Å². The summed E-state index contributed by atoms with van der Waals surface area (Å²) < 4.78 is 21.6. The van der Waals surface area contributed by atoms with Gasteiger partial charge < -0.3 is 39.2 Å². The molecule has 2 aromatic rings. The van der Waals surface area contributed by atoms with Crippen molar-refractivity contribution in [3.8, 4) is 0 Å². The lowest BCUT2D eigenvalue weighted by molar-refractivity contribution is -0.139. The summed E-state index contributed by atoms with van der Waals surface area (Å²) in [7, 11) is 1.57. The van der Waals surface area contributed by atoms with Crippen LogP contribution in [0, 0.1) is 0 Å². The molecular weight excluding hydrogens is 514 g/mol. The van der Waals surface area contributed by atoms with Gasteiger partial charge in [0.2, 0.25) is 0 Å². The second-order valence-electron chi connectivity index (χ2n) is 8.55. The lowest BCUT2D eigenvalue weighted by Crippen LogP contribution is -2.51. The Labute approximate surface area is 225 Å². The minimum Gasteiger partial charge on any atom is -0.480 e. The summed E-state index contributed by atoms with van der Waals surface area (Å²) in [6, 6.07) is 7.31. The van der Waals surface area contributed by atoms with Crippen LogP contribution in [0.1, 0.15) is 11.3 Å². The smallest absolute Gasteiger partial charge is 0.409 e. The number of aliphatic carboxylic acids is 1. The van der Waals surface area contributed by atoms with Crippen molar-refractivity contribution in [3.63, 3.8) is 0 Å². The Kier molecular flexibility index (Phi) is 11.5. The molecule has 1 saturated heterocycles. The maximum atomic E-state index is 12.9. The molecule has 3 rings (SSSR count). The SMILES string of the molecule is COCCOCCOC(=O)N1CCN(C(=O)n2cnc(CC(NC(=O)OCc3ccccc3)C(=O)O)c2)CC1. The number of amides is 3. The molecule has 1 aromatic carbocycles. The Hall–Kier alpha value is -4.17. The van der Waals surface area contributed by atoms with E-state index in [-0.39, 0.29) is 32.3 Å². The van der Waals surface area contributed by atoms with Crippen molar-refractivity contribution in [2.24, 2.45) is 0 Å². The Balaban J connectivity index is 1.42. The fourth-order valence-electron chi connectivity index (χ4n) is 3.66. The van der Waals surface area contributed by atoms with Crippen molar-refractivity contribution in [1.29, 1.82) is 0 Å². The first-order valence-corrected chi connectivity index (χ1v) is 12.4. The van der Waals surface area contributed by atoms with Gasteiger partial charge in [-0.1, -0.05) is 30.3 Å². The summed E-state index contributed by atoms with van der Waals surface area (Å²) >= 11 is 0. The van der Waals surface area contributed by atoms with Crippen LogP contribution in [0.5, 0.6) is 0 Å². The molecule has 3 amide bonds. The number of benzene rings is 1. The Morgan fingerprint density at radius 3 is 2.36 bits per heavy atom. The van der Waals surface area contributed by atoms with Gasteiger partial charge in [0.15, 0.2) is 0 Å². The summed E-state index contributed by atoms with van der Waals surface area (Å²) in [6.07, 6.45) is 1.20. The molecule has 0 spiro atoms. The van der Waals surface area contributed by atoms with Crippen LogP contribution in [-0.2, 0) is 36.8 Å². The van der Waals surface area contributed by atoms with E-state index in [0.29, 0.717) is 45.1 Å². The fraction of sp³-hybridized carbons (Fsp3) is 0.480. The minimum absolute atomic E-state index is 0.00355. The molecule has 2 heterocycles. The van der Waals surface area contributed by atoms with Crippen LogP contribution in [0.4, 0.5) is 14.4 Å². The molecule has 14 nitrogen and oxygen atoms in total. The molecule has 1 unspecified atom stereocenters. The summed E-state index contributed by atoms with van der Waals surface area (Å²) in [4.78, 5) is 56.0. The number of rotatable bonds is 12. The zero-order chi connectivity index (χ0) is 28.0. The Bertz CT molecular complexity index is 1090. The molecular formula is C25H33N5O9. The van der Waals surface area contributed by atoms with Crippen LogP contribution in [-0.4, -0.2) is 114 Å². The third kappa shape index (κ3) is 9.57. The average Bonchev–Trinajstić information content (AvgIpc) is 3.42. The molecule has 0 aliphatic carbocycles. The highest BCUT2D eigenvalue weighted by Gasteiger charge is 2.27. The predicted molar refractivity (Wildman–Crippen MR) is 135 cm³/mol. The number of ether oxygens (including phenoxy) is 4. The van der Waals surface area contributed by atoms with Crippen LogP contribution in [0.3, 0.4) is 0 Å². The number of piperazine rings is 1. The Morgan fingerprint density at radius 2 is 1.67 bits per heavy atom. The number of hydrogen-bond donors (Lipinski definition) is 2. The largest absolute Gasteiger partial charge is 0.480 e. The first kappa shape index (κ1) is 29.4. The van der Waals surface area contributed by atoms with E-state index in [1.165, 1.54) is 22.0 Å². The lowest BCUT2D eigenvalue weighted by Gasteiger charge is -2.33. The van der Waals surface area contributed by atoms with E-state index in [4.69, 9.17) is 18.9 Å². The van der Waals surface area contributed by atoms with Crippen LogP contribution in [0.25, 0.3) is 0 Å². The summed E-state index contributed by atoms with van der Waals surface area (Å²) in [5, 5.41) is 11.8. The van der Waals surface area contributed by atoms with E-state index in [9.17, 15) is 24.3 Å². The van der Waals surface area contributed by atoms with Crippen LogP contribution < -0.4 is 5.32 Å². The van der Waals surface area contributed by atoms with E-state index in [0.717, 1.165) is 5.56 Å². The van der Waals surface area contributed by atoms with Gasteiger partial charge in [-0.25, -0.2) is 24.2 Å². The molecule has 1 aliphatic rings. The standard InChI is InChI=1S/C25H33N5O9/c1-36-11-12-37-13-14-38-25(35)29-9-7-28(8-10-29)24(34)30-16-20(26-18-30)15-21(22(31)32)27-23(33)39-17-19-5-3-2-4-6-19/h2-6,16,18,21H,7-15,17H2,1H3,(H,27,33)(H,31,32). The second-order valence-corrected chi connectivity index (χ2v) is 8.55. The molecule has 1 aromatic heterocycles. The number of carboxylic acid groups (broad SMARTS) is 1. The zero-order valence-corrected chi connectivity index (χ0v) is 21.7.